The molecule has 2 N–H and O–H groups in total. The summed E-state index contributed by atoms with van der Waals surface area (Å²) in [6, 6.07) is 1.37. The number of aromatic nitrogens is 1. The van der Waals surface area contributed by atoms with Crippen LogP contribution in [0.1, 0.15) is 25.5 Å². The van der Waals surface area contributed by atoms with Gasteiger partial charge in [0.1, 0.15) is 6.04 Å². The van der Waals surface area contributed by atoms with E-state index in [-0.39, 0.29) is 0 Å². The molecule has 1 atom stereocenters. The molecule has 94 valence electrons. The lowest BCUT2D eigenvalue weighted by Gasteiger charge is -2.13. The highest BCUT2D eigenvalue weighted by atomic mass is 79.9. The first-order valence-electron chi connectivity index (χ1n) is 5.30. The van der Waals surface area contributed by atoms with Crippen molar-refractivity contribution in [2.75, 3.05) is 0 Å². The molecule has 0 saturated heterocycles. The van der Waals surface area contributed by atoms with Crippen LogP contribution in [0.2, 0.25) is 0 Å². The Morgan fingerprint density at radius 3 is 2.82 bits per heavy atom. The van der Waals surface area contributed by atoms with Crippen molar-refractivity contribution in [3.05, 3.63) is 26.9 Å². The van der Waals surface area contributed by atoms with E-state index in [1.807, 2.05) is 13.0 Å². The summed E-state index contributed by atoms with van der Waals surface area (Å²) in [4.78, 5) is 15.2. The van der Waals surface area contributed by atoms with E-state index in [4.69, 9.17) is 5.11 Å². The van der Waals surface area contributed by atoms with Crippen LogP contribution in [0.25, 0.3) is 0 Å². The molecule has 0 fully saturated rings. The maximum absolute atomic E-state index is 10.9. The molecule has 17 heavy (non-hydrogen) atoms. The van der Waals surface area contributed by atoms with Gasteiger partial charge < -0.3 is 5.11 Å². The minimum absolute atomic E-state index is 0.435. The second kappa shape index (κ2) is 7.08. The zero-order chi connectivity index (χ0) is 12.8. The third-order valence-electron chi connectivity index (χ3n) is 2.28. The molecule has 4 nitrogen and oxygen atoms in total. The number of carboxylic acid groups (broad SMARTS) is 1. The Hall–Kier alpha value is -0.460. The van der Waals surface area contributed by atoms with Gasteiger partial charge in [-0.05, 0) is 44.3 Å². The molecule has 6 heteroatoms. The van der Waals surface area contributed by atoms with Crippen molar-refractivity contribution in [3.63, 3.8) is 0 Å². The van der Waals surface area contributed by atoms with Gasteiger partial charge in [0.25, 0.3) is 0 Å². The van der Waals surface area contributed by atoms with Gasteiger partial charge in [-0.3, -0.25) is 15.1 Å². The van der Waals surface area contributed by atoms with Crippen molar-refractivity contribution >= 4 is 37.8 Å². The first-order valence-corrected chi connectivity index (χ1v) is 6.89. The van der Waals surface area contributed by atoms with Crippen LogP contribution in [-0.4, -0.2) is 22.1 Å². The highest BCUT2D eigenvalue weighted by molar-refractivity contribution is 9.11. The van der Waals surface area contributed by atoms with Crippen LogP contribution in [0, 0.1) is 0 Å². The van der Waals surface area contributed by atoms with Crippen LogP contribution in [0.3, 0.4) is 0 Å². The number of halogens is 2. The third kappa shape index (κ3) is 4.73. The van der Waals surface area contributed by atoms with Crippen LogP contribution in [0.4, 0.5) is 0 Å². The molecule has 1 aromatic heterocycles. The fraction of sp³-hybridized carbons (Fsp3) is 0.455. The Labute approximate surface area is 117 Å². The van der Waals surface area contributed by atoms with Gasteiger partial charge >= 0.3 is 5.97 Å². The number of pyridine rings is 1. The smallest absolute Gasteiger partial charge is 0.320 e. The molecule has 0 aliphatic rings. The van der Waals surface area contributed by atoms with Gasteiger partial charge in [-0.1, -0.05) is 13.3 Å². The standard InChI is InChI=1S/C11H14Br2N2O2/c1-2-3-9(11(16)17)15-6-10-8(13)4-7(12)5-14-10/h4-5,9,15H,2-3,6H2,1H3,(H,16,17). The van der Waals surface area contributed by atoms with Crippen LogP contribution in [0.15, 0.2) is 21.2 Å². The monoisotopic (exact) mass is 364 g/mol. The van der Waals surface area contributed by atoms with Crippen molar-refractivity contribution in [3.8, 4) is 0 Å². The van der Waals surface area contributed by atoms with Gasteiger partial charge in [0.05, 0.1) is 5.69 Å². The van der Waals surface area contributed by atoms with Gasteiger partial charge in [0, 0.05) is 21.7 Å². The molecule has 0 aliphatic carbocycles. The Morgan fingerprint density at radius 1 is 1.59 bits per heavy atom. The number of rotatable bonds is 6. The molecule has 0 spiro atoms. The van der Waals surface area contributed by atoms with E-state index in [9.17, 15) is 4.79 Å². The Bertz CT molecular complexity index is 399. The van der Waals surface area contributed by atoms with Gasteiger partial charge in [0.15, 0.2) is 0 Å². The fourth-order valence-corrected chi connectivity index (χ4v) is 2.52. The number of aliphatic carboxylic acids is 1. The van der Waals surface area contributed by atoms with Gasteiger partial charge in [-0.25, -0.2) is 0 Å². The van der Waals surface area contributed by atoms with Crippen molar-refractivity contribution in [1.82, 2.24) is 10.3 Å². The van der Waals surface area contributed by atoms with Crippen molar-refractivity contribution in [2.24, 2.45) is 0 Å². The first-order chi connectivity index (χ1) is 8.04. The summed E-state index contributed by atoms with van der Waals surface area (Å²) >= 11 is 6.71. The predicted molar refractivity (Wildman–Crippen MR) is 72.8 cm³/mol. The fourth-order valence-electron chi connectivity index (χ4n) is 1.39. The van der Waals surface area contributed by atoms with E-state index in [0.717, 1.165) is 21.1 Å². The minimum Gasteiger partial charge on any atom is -0.480 e. The minimum atomic E-state index is -0.819. The van der Waals surface area contributed by atoms with E-state index >= 15 is 0 Å². The normalized spacial score (nSPS) is 12.4. The summed E-state index contributed by atoms with van der Waals surface area (Å²) < 4.78 is 1.75. The molecule has 0 aromatic carbocycles. The van der Waals surface area contributed by atoms with Crippen LogP contribution in [0.5, 0.6) is 0 Å². The van der Waals surface area contributed by atoms with Crippen molar-refractivity contribution in [1.29, 1.82) is 0 Å². The molecule has 1 aromatic rings. The largest absolute Gasteiger partial charge is 0.480 e. The first kappa shape index (κ1) is 14.6. The average Bonchev–Trinajstić information content (AvgIpc) is 2.25. The molecule has 1 unspecified atom stereocenters. The molecule has 0 amide bonds. The number of nitrogens with one attached hydrogen (secondary N) is 1. The molecule has 0 saturated carbocycles. The highest BCUT2D eigenvalue weighted by Crippen LogP contribution is 2.19. The summed E-state index contributed by atoms with van der Waals surface area (Å²) in [6.07, 6.45) is 3.14. The average molecular weight is 366 g/mol. The summed E-state index contributed by atoms with van der Waals surface area (Å²) in [6.45, 7) is 2.40. The summed E-state index contributed by atoms with van der Waals surface area (Å²) in [5.74, 6) is -0.819. The molecular weight excluding hydrogens is 352 g/mol. The molecule has 1 heterocycles. The SMILES string of the molecule is CCCC(NCc1ncc(Br)cc1Br)C(=O)O. The second-order valence-electron chi connectivity index (χ2n) is 3.64. The molecule has 0 bridgehead atoms. The van der Waals surface area contributed by atoms with Crippen LogP contribution >= 0.6 is 31.9 Å². The molecular formula is C11H14Br2N2O2. The molecule has 1 rings (SSSR count). The lowest BCUT2D eigenvalue weighted by atomic mass is 10.1. The quantitative estimate of drug-likeness (QED) is 0.813. The molecule has 0 radical (unpaired) electrons. The Kier molecular flexibility index (Phi) is 6.08. The lowest BCUT2D eigenvalue weighted by molar-refractivity contribution is -0.139. The number of nitrogens with zero attached hydrogens (tertiary/aromatic N) is 1. The number of carbonyl (C=O) groups is 1. The maximum atomic E-state index is 10.9. The number of hydrogen-bond donors (Lipinski definition) is 2. The topological polar surface area (TPSA) is 62.2 Å². The van der Waals surface area contributed by atoms with Crippen molar-refractivity contribution in [2.45, 2.75) is 32.4 Å². The Balaban J connectivity index is 2.62. The van der Waals surface area contributed by atoms with Crippen LogP contribution in [-0.2, 0) is 11.3 Å². The Morgan fingerprint density at radius 2 is 2.29 bits per heavy atom. The van der Waals surface area contributed by atoms with Crippen LogP contribution < -0.4 is 5.32 Å². The zero-order valence-corrected chi connectivity index (χ0v) is 12.6. The van der Waals surface area contributed by atoms with E-state index in [2.05, 4.69) is 42.2 Å². The number of carboxylic acids is 1. The summed E-state index contributed by atoms with van der Waals surface area (Å²) in [5, 5.41) is 12.0. The zero-order valence-electron chi connectivity index (χ0n) is 9.41. The van der Waals surface area contributed by atoms with E-state index < -0.39 is 12.0 Å². The highest BCUT2D eigenvalue weighted by Gasteiger charge is 2.16. The summed E-state index contributed by atoms with van der Waals surface area (Å²) in [7, 11) is 0. The van der Waals surface area contributed by atoms with Crippen molar-refractivity contribution < 1.29 is 9.90 Å². The predicted octanol–water partition coefficient (Wildman–Crippen LogP) is 2.95. The second-order valence-corrected chi connectivity index (χ2v) is 5.41. The van der Waals surface area contributed by atoms with Gasteiger partial charge in [-0.2, -0.15) is 0 Å². The maximum Gasteiger partial charge on any atom is 0.320 e. The van der Waals surface area contributed by atoms with E-state index in [1.165, 1.54) is 0 Å². The lowest BCUT2D eigenvalue weighted by Crippen LogP contribution is -2.36. The summed E-state index contributed by atoms with van der Waals surface area (Å²) in [5.41, 5.74) is 0.801. The van der Waals surface area contributed by atoms with E-state index in [1.54, 1.807) is 6.20 Å². The van der Waals surface area contributed by atoms with E-state index in [0.29, 0.717) is 13.0 Å². The molecule has 0 aliphatic heterocycles. The van der Waals surface area contributed by atoms with Gasteiger partial charge in [-0.15, -0.1) is 0 Å². The number of hydrogen-bond acceptors (Lipinski definition) is 3. The van der Waals surface area contributed by atoms with Gasteiger partial charge in [0.2, 0.25) is 0 Å². The third-order valence-corrected chi connectivity index (χ3v) is 3.40.